The molecule has 1 unspecified atom stereocenters. The van der Waals surface area contributed by atoms with Crippen LogP contribution in [0.15, 0.2) is 47.0 Å². The average Bonchev–Trinajstić information content (AvgIpc) is 3.33. The summed E-state index contributed by atoms with van der Waals surface area (Å²) in [5.41, 5.74) is 3.52. The number of rotatable bonds is 4. The SMILES string of the molecule is CC(=O)C(N1CCC(c2noc3cc(F)ccc23)CC1)N1CNc2ccccc21. The van der Waals surface area contributed by atoms with Gasteiger partial charge in [-0.15, -0.1) is 0 Å². The van der Waals surface area contributed by atoms with Gasteiger partial charge in [-0.2, -0.15) is 0 Å². The Bertz CT molecular complexity index is 1060. The number of hydrogen-bond acceptors (Lipinski definition) is 6. The van der Waals surface area contributed by atoms with Crippen molar-refractivity contribution in [1.29, 1.82) is 0 Å². The maximum Gasteiger partial charge on any atom is 0.170 e. The van der Waals surface area contributed by atoms with Crippen LogP contribution in [0.2, 0.25) is 0 Å². The fourth-order valence-electron chi connectivity index (χ4n) is 4.66. The molecule has 150 valence electrons. The number of hydrogen-bond donors (Lipinski definition) is 1. The van der Waals surface area contributed by atoms with E-state index in [9.17, 15) is 9.18 Å². The van der Waals surface area contributed by atoms with Crippen molar-refractivity contribution in [2.75, 3.05) is 30.0 Å². The van der Waals surface area contributed by atoms with Crippen molar-refractivity contribution in [2.45, 2.75) is 31.8 Å². The van der Waals surface area contributed by atoms with Crippen molar-refractivity contribution < 1.29 is 13.7 Å². The number of nitrogens with zero attached hydrogens (tertiary/aromatic N) is 3. The molecule has 29 heavy (non-hydrogen) atoms. The Balaban J connectivity index is 1.34. The van der Waals surface area contributed by atoms with Crippen LogP contribution in [0.25, 0.3) is 11.0 Å². The lowest BCUT2D eigenvalue weighted by Crippen LogP contribution is -2.54. The average molecular weight is 394 g/mol. The molecule has 0 amide bonds. The van der Waals surface area contributed by atoms with Crippen molar-refractivity contribution in [1.82, 2.24) is 10.1 Å². The fraction of sp³-hybridized carbons (Fsp3) is 0.364. The number of nitrogens with one attached hydrogen (secondary N) is 1. The van der Waals surface area contributed by atoms with Gasteiger partial charge in [-0.1, -0.05) is 17.3 Å². The van der Waals surface area contributed by atoms with Crippen LogP contribution >= 0.6 is 0 Å². The molecule has 7 heteroatoms. The lowest BCUT2D eigenvalue weighted by Gasteiger charge is -2.40. The second kappa shape index (κ2) is 7.15. The summed E-state index contributed by atoms with van der Waals surface area (Å²) < 4.78 is 18.8. The summed E-state index contributed by atoms with van der Waals surface area (Å²) in [6.45, 7) is 3.88. The van der Waals surface area contributed by atoms with Crippen molar-refractivity contribution in [2.24, 2.45) is 0 Å². The molecule has 1 atom stereocenters. The van der Waals surface area contributed by atoms with Crippen LogP contribution in [0, 0.1) is 5.82 Å². The molecule has 0 spiro atoms. The molecular weight excluding hydrogens is 371 g/mol. The zero-order valence-corrected chi connectivity index (χ0v) is 16.3. The van der Waals surface area contributed by atoms with E-state index < -0.39 is 0 Å². The molecule has 3 heterocycles. The van der Waals surface area contributed by atoms with Crippen molar-refractivity contribution in [3.8, 4) is 0 Å². The normalized spacial score (nSPS) is 18.6. The van der Waals surface area contributed by atoms with E-state index in [2.05, 4.69) is 26.3 Å². The van der Waals surface area contributed by atoms with E-state index in [1.165, 1.54) is 12.1 Å². The van der Waals surface area contributed by atoms with E-state index in [0.29, 0.717) is 12.3 Å². The van der Waals surface area contributed by atoms with Gasteiger partial charge in [0.05, 0.1) is 23.7 Å². The smallest absolute Gasteiger partial charge is 0.170 e. The minimum atomic E-state index is -0.321. The van der Waals surface area contributed by atoms with Crippen molar-refractivity contribution in [3.05, 3.63) is 54.0 Å². The lowest BCUT2D eigenvalue weighted by atomic mass is 9.91. The quantitative estimate of drug-likeness (QED) is 0.723. The number of likely N-dealkylation sites (tertiary alicyclic amines) is 1. The van der Waals surface area contributed by atoms with Gasteiger partial charge in [0.2, 0.25) is 0 Å². The minimum absolute atomic E-state index is 0.143. The van der Waals surface area contributed by atoms with Gasteiger partial charge in [0.1, 0.15) is 12.0 Å². The molecule has 1 N–H and O–H groups in total. The van der Waals surface area contributed by atoms with E-state index in [0.717, 1.165) is 48.4 Å². The molecule has 6 nitrogen and oxygen atoms in total. The fourth-order valence-corrected chi connectivity index (χ4v) is 4.66. The number of carbonyl (C=O) groups is 1. The molecule has 0 radical (unpaired) electrons. The number of piperidine rings is 1. The van der Waals surface area contributed by atoms with Crippen LogP contribution in [0.3, 0.4) is 0 Å². The van der Waals surface area contributed by atoms with E-state index in [1.54, 1.807) is 13.0 Å². The number of fused-ring (bicyclic) bond motifs is 2. The predicted molar refractivity (Wildman–Crippen MR) is 109 cm³/mol. The monoisotopic (exact) mass is 394 g/mol. The zero-order valence-electron chi connectivity index (χ0n) is 16.3. The molecule has 0 saturated carbocycles. The van der Waals surface area contributed by atoms with E-state index >= 15 is 0 Å². The van der Waals surface area contributed by atoms with Gasteiger partial charge < -0.3 is 14.7 Å². The molecule has 1 saturated heterocycles. The number of carbonyl (C=O) groups excluding carboxylic acids is 1. The Morgan fingerprint density at radius 1 is 1.24 bits per heavy atom. The largest absolute Gasteiger partial charge is 0.366 e. The van der Waals surface area contributed by atoms with Crippen LogP contribution in [0.5, 0.6) is 0 Å². The van der Waals surface area contributed by atoms with E-state index in [1.807, 2.05) is 18.2 Å². The third-order valence-electron chi connectivity index (χ3n) is 6.04. The summed E-state index contributed by atoms with van der Waals surface area (Å²) in [6.07, 6.45) is 1.48. The Morgan fingerprint density at radius 3 is 2.83 bits per heavy atom. The van der Waals surface area contributed by atoms with Gasteiger partial charge in [0.15, 0.2) is 11.4 Å². The number of halogens is 1. The van der Waals surface area contributed by atoms with Crippen LogP contribution < -0.4 is 10.2 Å². The predicted octanol–water partition coefficient (Wildman–Crippen LogP) is 3.95. The van der Waals surface area contributed by atoms with E-state index in [4.69, 9.17) is 4.52 Å². The van der Waals surface area contributed by atoms with Gasteiger partial charge in [-0.25, -0.2) is 4.39 Å². The highest BCUT2D eigenvalue weighted by Gasteiger charge is 2.36. The van der Waals surface area contributed by atoms with Gasteiger partial charge in [0, 0.05) is 30.5 Å². The Hall–Kier alpha value is -2.93. The second-order valence-corrected chi connectivity index (χ2v) is 7.82. The molecule has 2 aliphatic rings. The molecule has 5 rings (SSSR count). The third-order valence-corrected chi connectivity index (χ3v) is 6.04. The second-order valence-electron chi connectivity index (χ2n) is 7.82. The van der Waals surface area contributed by atoms with Crippen LogP contribution in [0.1, 0.15) is 31.4 Å². The summed E-state index contributed by atoms with van der Waals surface area (Å²) in [7, 11) is 0. The summed E-state index contributed by atoms with van der Waals surface area (Å²) in [4.78, 5) is 17.0. The highest BCUT2D eigenvalue weighted by molar-refractivity contribution is 5.88. The highest BCUT2D eigenvalue weighted by atomic mass is 19.1. The van der Waals surface area contributed by atoms with E-state index in [-0.39, 0.29) is 23.7 Å². The standard InChI is InChI=1S/C22H23FN4O2/c1-14(28)22(27-13-24-18-4-2-3-5-19(18)27)26-10-8-15(9-11-26)21-17-7-6-16(23)12-20(17)29-25-21/h2-7,12,15,22,24H,8-11,13H2,1H3. The first-order chi connectivity index (χ1) is 14.1. The molecule has 1 fully saturated rings. The Labute approximate surface area is 168 Å². The first-order valence-electron chi connectivity index (χ1n) is 10.0. The summed E-state index contributed by atoms with van der Waals surface area (Å²) in [6, 6.07) is 12.7. The van der Waals surface area contributed by atoms with Crippen LogP contribution in [0.4, 0.5) is 15.8 Å². The number of ketones is 1. The topological polar surface area (TPSA) is 61.6 Å². The molecule has 1 aromatic heterocycles. The number of para-hydroxylation sites is 2. The first kappa shape index (κ1) is 18.1. The third kappa shape index (κ3) is 3.15. The van der Waals surface area contributed by atoms with Crippen LogP contribution in [-0.2, 0) is 4.79 Å². The number of benzene rings is 2. The molecule has 0 aliphatic carbocycles. The van der Waals surface area contributed by atoms with Gasteiger partial charge >= 0.3 is 0 Å². The molecule has 3 aromatic rings. The highest BCUT2D eigenvalue weighted by Crippen LogP contribution is 2.36. The Morgan fingerprint density at radius 2 is 2.03 bits per heavy atom. The molecule has 0 bridgehead atoms. The summed E-state index contributed by atoms with van der Waals surface area (Å²) in [5, 5.41) is 8.48. The molecule has 2 aromatic carbocycles. The van der Waals surface area contributed by atoms with Crippen molar-refractivity contribution >= 4 is 28.1 Å². The van der Waals surface area contributed by atoms with Gasteiger partial charge in [-0.3, -0.25) is 9.69 Å². The summed E-state index contributed by atoms with van der Waals surface area (Å²) in [5.74, 6) is 0.0673. The molecule has 2 aliphatic heterocycles. The van der Waals surface area contributed by atoms with Crippen LogP contribution in [-0.4, -0.2) is 41.8 Å². The first-order valence-corrected chi connectivity index (χ1v) is 10.0. The maximum atomic E-state index is 13.4. The Kier molecular flexibility index (Phi) is 4.47. The van der Waals surface area contributed by atoms with Crippen molar-refractivity contribution in [3.63, 3.8) is 0 Å². The lowest BCUT2D eigenvalue weighted by molar-refractivity contribution is -0.122. The zero-order chi connectivity index (χ0) is 20.0. The minimum Gasteiger partial charge on any atom is -0.366 e. The number of Topliss-reactive ketones (excluding diaryl/α,β-unsaturated/α-hetero) is 1. The number of anilines is 2. The van der Waals surface area contributed by atoms with Gasteiger partial charge in [-0.05, 0) is 44.0 Å². The number of aromatic nitrogens is 1. The molecular formula is C22H23FN4O2. The summed E-state index contributed by atoms with van der Waals surface area (Å²) >= 11 is 0. The van der Waals surface area contributed by atoms with Gasteiger partial charge in [0.25, 0.3) is 0 Å². The maximum absolute atomic E-state index is 13.4.